The molecule has 1 atom stereocenters. The molecular weight excluding hydrogens is 254 g/mol. The standard InChI is InChI=1S/C8H12O7S.H3N/c1-3-7(9)14-4-5-15-8(10)6(2)16(11,12)13;/h3,6H,1,4-5H2,2H3,(H,11,12,13);1H3. The number of hydrogen-bond donors (Lipinski definition) is 2. The molecule has 1 unspecified atom stereocenters. The minimum atomic E-state index is -4.46. The molecule has 9 heteroatoms. The molecule has 0 bridgehead atoms. The van der Waals surface area contributed by atoms with Crippen LogP contribution in [0, 0.1) is 0 Å². The van der Waals surface area contributed by atoms with Crippen LogP contribution in [0.4, 0.5) is 0 Å². The smallest absolute Gasteiger partial charge is 0.330 e. The molecule has 0 rings (SSSR count). The summed E-state index contributed by atoms with van der Waals surface area (Å²) in [7, 11) is -4.46. The van der Waals surface area contributed by atoms with Crippen molar-refractivity contribution in [3.8, 4) is 0 Å². The number of esters is 2. The Hall–Kier alpha value is -1.45. The summed E-state index contributed by atoms with van der Waals surface area (Å²) in [5.41, 5.74) is 0. The van der Waals surface area contributed by atoms with Gasteiger partial charge in [0.2, 0.25) is 0 Å². The van der Waals surface area contributed by atoms with E-state index in [1.807, 2.05) is 0 Å². The molecule has 0 aliphatic heterocycles. The average molecular weight is 269 g/mol. The van der Waals surface area contributed by atoms with Gasteiger partial charge in [-0.1, -0.05) is 6.58 Å². The largest absolute Gasteiger partial charge is 0.461 e. The van der Waals surface area contributed by atoms with Crippen molar-refractivity contribution in [2.24, 2.45) is 0 Å². The van der Waals surface area contributed by atoms with E-state index in [1.165, 1.54) is 0 Å². The van der Waals surface area contributed by atoms with Crippen molar-refractivity contribution in [1.29, 1.82) is 0 Å². The lowest BCUT2D eigenvalue weighted by Crippen LogP contribution is -2.29. The second kappa shape index (κ2) is 7.76. The van der Waals surface area contributed by atoms with Gasteiger partial charge in [-0.3, -0.25) is 9.35 Å². The fraction of sp³-hybridized carbons (Fsp3) is 0.500. The lowest BCUT2D eigenvalue weighted by atomic mass is 10.5. The van der Waals surface area contributed by atoms with Crippen LogP contribution in [0.15, 0.2) is 12.7 Å². The number of rotatable bonds is 6. The minimum Gasteiger partial charge on any atom is -0.461 e. The van der Waals surface area contributed by atoms with Crippen LogP contribution >= 0.6 is 0 Å². The molecule has 0 saturated carbocycles. The minimum absolute atomic E-state index is 0. The highest BCUT2D eigenvalue weighted by Crippen LogP contribution is 2.00. The Morgan fingerprint density at radius 3 is 2.24 bits per heavy atom. The van der Waals surface area contributed by atoms with Crippen molar-refractivity contribution in [2.45, 2.75) is 12.2 Å². The van der Waals surface area contributed by atoms with Crippen LogP contribution in [0.2, 0.25) is 0 Å². The van der Waals surface area contributed by atoms with Gasteiger partial charge in [0.25, 0.3) is 10.1 Å². The molecular formula is C8H15NO7S. The predicted octanol–water partition coefficient (Wildman–Crippen LogP) is -0.303. The molecule has 0 radical (unpaired) electrons. The van der Waals surface area contributed by atoms with E-state index in [1.54, 1.807) is 0 Å². The normalized spacial score (nSPS) is 11.9. The zero-order valence-electron chi connectivity index (χ0n) is 9.29. The summed E-state index contributed by atoms with van der Waals surface area (Å²) in [5.74, 6) is -1.80. The Labute approximate surface area is 98.9 Å². The highest BCUT2D eigenvalue weighted by molar-refractivity contribution is 7.87. The van der Waals surface area contributed by atoms with Crippen LogP contribution in [-0.2, 0) is 29.2 Å². The number of carbonyl (C=O) groups is 2. The molecule has 0 heterocycles. The number of carbonyl (C=O) groups excluding carboxylic acids is 2. The van der Waals surface area contributed by atoms with E-state index in [9.17, 15) is 18.0 Å². The zero-order chi connectivity index (χ0) is 12.8. The highest BCUT2D eigenvalue weighted by atomic mass is 32.2. The Bertz CT molecular complexity index is 375. The fourth-order valence-corrected chi connectivity index (χ4v) is 0.894. The SMILES string of the molecule is C=CC(=O)OCCOC(=O)C(C)S(=O)(=O)O.N. The van der Waals surface area contributed by atoms with Gasteiger partial charge in [-0.15, -0.1) is 0 Å². The van der Waals surface area contributed by atoms with Crippen LogP contribution in [0.25, 0.3) is 0 Å². The van der Waals surface area contributed by atoms with E-state index in [0.29, 0.717) is 0 Å². The molecule has 0 spiro atoms. The number of ether oxygens (including phenoxy) is 2. The van der Waals surface area contributed by atoms with Crippen LogP contribution < -0.4 is 6.15 Å². The lowest BCUT2D eigenvalue weighted by molar-refractivity contribution is -0.149. The third-order valence-corrected chi connectivity index (χ3v) is 2.60. The Kier molecular flexibility index (Phi) is 8.19. The molecule has 0 aliphatic carbocycles. The number of hydrogen-bond acceptors (Lipinski definition) is 7. The maximum atomic E-state index is 11.0. The third kappa shape index (κ3) is 7.44. The first-order chi connectivity index (χ1) is 7.29. The highest BCUT2D eigenvalue weighted by Gasteiger charge is 2.27. The molecule has 0 amide bonds. The van der Waals surface area contributed by atoms with E-state index in [2.05, 4.69) is 16.1 Å². The summed E-state index contributed by atoms with van der Waals surface area (Å²) in [4.78, 5) is 21.5. The van der Waals surface area contributed by atoms with Gasteiger partial charge in [0.05, 0.1) is 0 Å². The zero-order valence-corrected chi connectivity index (χ0v) is 10.1. The molecule has 0 aromatic carbocycles. The molecule has 0 fully saturated rings. The van der Waals surface area contributed by atoms with Gasteiger partial charge in [0, 0.05) is 6.08 Å². The van der Waals surface area contributed by atoms with Gasteiger partial charge in [-0.25, -0.2) is 4.79 Å². The predicted molar refractivity (Wildman–Crippen MR) is 58.1 cm³/mol. The average Bonchev–Trinajstić information content (AvgIpc) is 2.21. The molecule has 4 N–H and O–H groups in total. The summed E-state index contributed by atoms with van der Waals surface area (Å²) in [6, 6.07) is 0. The van der Waals surface area contributed by atoms with Gasteiger partial charge in [0.15, 0.2) is 5.25 Å². The topological polar surface area (TPSA) is 142 Å². The van der Waals surface area contributed by atoms with Gasteiger partial charge in [-0.2, -0.15) is 8.42 Å². The molecule has 100 valence electrons. The van der Waals surface area contributed by atoms with Crippen LogP contribution in [-0.4, -0.2) is 43.4 Å². The summed E-state index contributed by atoms with van der Waals surface area (Å²) in [6.07, 6.45) is 0.933. The molecule has 17 heavy (non-hydrogen) atoms. The van der Waals surface area contributed by atoms with E-state index in [4.69, 9.17) is 4.55 Å². The van der Waals surface area contributed by atoms with E-state index < -0.39 is 27.3 Å². The lowest BCUT2D eigenvalue weighted by Gasteiger charge is -2.08. The van der Waals surface area contributed by atoms with Crippen LogP contribution in [0.5, 0.6) is 0 Å². The third-order valence-electron chi connectivity index (χ3n) is 1.52. The van der Waals surface area contributed by atoms with Crippen molar-refractivity contribution in [1.82, 2.24) is 6.15 Å². The summed E-state index contributed by atoms with van der Waals surface area (Å²) < 4.78 is 38.4. The molecule has 0 saturated heterocycles. The Balaban J connectivity index is 0. The Morgan fingerprint density at radius 2 is 1.82 bits per heavy atom. The van der Waals surface area contributed by atoms with Crippen molar-refractivity contribution >= 4 is 22.1 Å². The van der Waals surface area contributed by atoms with Crippen molar-refractivity contribution in [2.75, 3.05) is 13.2 Å². The van der Waals surface area contributed by atoms with Gasteiger partial charge >= 0.3 is 11.9 Å². The fourth-order valence-electron chi connectivity index (χ4n) is 0.582. The first-order valence-electron chi connectivity index (χ1n) is 4.21. The second-order valence-electron chi connectivity index (χ2n) is 2.70. The molecule has 0 aromatic rings. The summed E-state index contributed by atoms with van der Waals surface area (Å²) >= 11 is 0. The first-order valence-corrected chi connectivity index (χ1v) is 5.71. The van der Waals surface area contributed by atoms with Crippen molar-refractivity contribution in [3.63, 3.8) is 0 Å². The van der Waals surface area contributed by atoms with Crippen LogP contribution in [0.1, 0.15) is 6.92 Å². The van der Waals surface area contributed by atoms with E-state index in [-0.39, 0.29) is 19.4 Å². The van der Waals surface area contributed by atoms with Crippen molar-refractivity contribution in [3.05, 3.63) is 12.7 Å². The molecule has 8 nitrogen and oxygen atoms in total. The molecule has 0 aliphatic rings. The molecule has 0 aromatic heterocycles. The Morgan fingerprint density at radius 1 is 1.35 bits per heavy atom. The van der Waals surface area contributed by atoms with Gasteiger partial charge in [0.1, 0.15) is 13.2 Å². The summed E-state index contributed by atoms with van der Waals surface area (Å²) in [5, 5.41) is -1.66. The van der Waals surface area contributed by atoms with E-state index >= 15 is 0 Å². The quantitative estimate of drug-likeness (QED) is 0.289. The maximum Gasteiger partial charge on any atom is 0.330 e. The van der Waals surface area contributed by atoms with Gasteiger partial charge < -0.3 is 15.6 Å². The first kappa shape index (κ1) is 17.9. The second-order valence-corrected chi connectivity index (χ2v) is 4.43. The van der Waals surface area contributed by atoms with Crippen molar-refractivity contribution < 1.29 is 32.0 Å². The monoisotopic (exact) mass is 269 g/mol. The van der Waals surface area contributed by atoms with Gasteiger partial charge in [-0.05, 0) is 6.92 Å². The van der Waals surface area contributed by atoms with Crippen LogP contribution in [0.3, 0.4) is 0 Å². The maximum absolute atomic E-state index is 11.0. The summed E-state index contributed by atoms with van der Waals surface area (Å²) in [6.45, 7) is 3.61. The van der Waals surface area contributed by atoms with E-state index in [0.717, 1.165) is 13.0 Å².